The average Bonchev–Trinajstić information content (AvgIpc) is 3.89. The van der Waals surface area contributed by atoms with E-state index >= 15 is 0 Å². The largest absolute Gasteiger partial charge is 0.310 e. The zero-order valence-electron chi connectivity index (χ0n) is 38.0. The van der Waals surface area contributed by atoms with E-state index in [1.807, 2.05) is 0 Å². The van der Waals surface area contributed by atoms with Gasteiger partial charge in [-0.25, -0.2) is 0 Å². The van der Waals surface area contributed by atoms with Gasteiger partial charge in [-0.05, 0) is 151 Å². The van der Waals surface area contributed by atoms with Crippen molar-refractivity contribution in [2.75, 3.05) is 9.80 Å². The molecule has 324 valence electrons. The molecule has 2 nitrogen and oxygen atoms in total. The summed E-state index contributed by atoms with van der Waals surface area (Å²) in [7, 11) is 0. The van der Waals surface area contributed by atoms with Gasteiger partial charge in [-0.2, -0.15) is 0 Å². The molecule has 1 spiro atoms. The third-order valence-electron chi connectivity index (χ3n) is 14.3. The molecule has 2 aliphatic carbocycles. The minimum atomic E-state index is -0.580. The van der Waals surface area contributed by atoms with Crippen molar-refractivity contribution in [1.82, 2.24) is 0 Å². The van der Waals surface area contributed by atoms with Crippen LogP contribution in [0.5, 0.6) is 0 Å². The lowest BCUT2D eigenvalue weighted by Crippen LogP contribution is -2.26. The first-order valence-electron chi connectivity index (χ1n) is 23.8. The predicted molar refractivity (Wildman–Crippen MR) is 288 cm³/mol. The normalized spacial score (nSPS) is 13.9. The molecule has 0 saturated heterocycles. The van der Waals surface area contributed by atoms with Crippen LogP contribution in [-0.2, 0) is 5.41 Å². The van der Waals surface area contributed by atoms with Crippen molar-refractivity contribution < 1.29 is 0 Å². The van der Waals surface area contributed by atoms with Crippen LogP contribution in [0.4, 0.5) is 34.1 Å². The van der Waals surface area contributed by atoms with Gasteiger partial charge in [-0.1, -0.05) is 206 Å². The highest BCUT2D eigenvalue weighted by molar-refractivity contribution is 5.97. The van der Waals surface area contributed by atoms with Crippen molar-refractivity contribution in [3.63, 3.8) is 0 Å². The van der Waals surface area contributed by atoms with Crippen molar-refractivity contribution in [2.24, 2.45) is 0 Å². The third-order valence-corrected chi connectivity index (χ3v) is 14.3. The second-order valence-electron chi connectivity index (χ2n) is 18.0. The van der Waals surface area contributed by atoms with E-state index < -0.39 is 5.41 Å². The molecule has 13 rings (SSSR count). The zero-order valence-corrected chi connectivity index (χ0v) is 38.0. The summed E-state index contributed by atoms with van der Waals surface area (Å²) in [6.07, 6.45) is 0. The van der Waals surface area contributed by atoms with Gasteiger partial charge in [0.15, 0.2) is 0 Å². The summed E-state index contributed by atoms with van der Waals surface area (Å²) >= 11 is 0. The van der Waals surface area contributed by atoms with E-state index in [2.05, 4.69) is 289 Å². The van der Waals surface area contributed by atoms with E-state index in [-0.39, 0.29) is 0 Å². The van der Waals surface area contributed by atoms with E-state index in [1.54, 1.807) is 0 Å². The Bertz CT molecular complexity index is 3530. The first kappa shape index (κ1) is 40.3. The van der Waals surface area contributed by atoms with Crippen molar-refractivity contribution in [3.8, 4) is 55.6 Å². The van der Waals surface area contributed by atoms with Crippen LogP contribution < -0.4 is 9.80 Å². The molecular formula is C67H46N2. The maximum atomic E-state index is 2.49. The quantitative estimate of drug-likeness (QED) is 0.143. The summed E-state index contributed by atoms with van der Waals surface area (Å²) in [5.41, 5.74) is 23.5. The zero-order chi connectivity index (χ0) is 45.7. The van der Waals surface area contributed by atoms with Gasteiger partial charge < -0.3 is 9.80 Å². The number of fused-ring (bicyclic) bond motifs is 10. The minimum absolute atomic E-state index is 0.580. The fourth-order valence-corrected chi connectivity index (χ4v) is 11.2. The first-order valence-corrected chi connectivity index (χ1v) is 23.8. The molecule has 11 aromatic rings. The molecule has 2 heteroatoms. The highest BCUT2D eigenvalue weighted by Crippen LogP contribution is 2.64. The minimum Gasteiger partial charge on any atom is -0.310 e. The van der Waals surface area contributed by atoms with Crippen molar-refractivity contribution >= 4 is 34.1 Å². The fraction of sp³-hybridized carbons (Fsp3) is 0.0149. The Morgan fingerprint density at radius 1 is 0.188 bits per heavy atom. The Labute approximate surface area is 404 Å². The fourth-order valence-electron chi connectivity index (χ4n) is 11.2. The van der Waals surface area contributed by atoms with Gasteiger partial charge >= 0.3 is 0 Å². The molecule has 0 N–H and O–H groups in total. The average molecular weight is 879 g/mol. The number of hydrogen-bond donors (Lipinski definition) is 0. The molecule has 0 heterocycles. The van der Waals surface area contributed by atoms with Gasteiger partial charge in [-0.3, -0.25) is 0 Å². The summed E-state index contributed by atoms with van der Waals surface area (Å²) in [6.45, 7) is 0. The maximum absolute atomic E-state index is 2.49. The predicted octanol–water partition coefficient (Wildman–Crippen LogP) is 18.0. The summed E-state index contributed by atoms with van der Waals surface area (Å²) in [4.78, 5) is 4.83. The summed E-state index contributed by atoms with van der Waals surface area (Å²) in [5, 5.41) is 0. The molecular weight excluding hydrogens is 833 g/mol. The lowest BCUT2D eigenvalue weighted by atomic mass is 9.70. The summed E-state index contributed by atoms with van der Waals surface area (Å²) in [5.74, 6) is 0. The Balaban J connectivity index is 1.00. The van der Waals surface area contributed by atoms with Gasteiger partial charge in [-0.15, -0.1) is 0 Å². The van der Waals surface area contributed by atoms with Gasteiger partial charge in [0, 0.05) is 34.1 Å². The number of rotatable bonds is 9. The van der Waals surface area contributed by atoms with Crippen LogP contribution in [0.3, 0.4) is 0 Å². The summed E-state index contributed by atoms with van der Waals surface area (Å²) < 4.78 is 0. The van der Waals surface area contributed by atoms with Crippen LogP contribution in [0.2, 0.25) is 0 Å². The van der Waals surface area contributed by atoms with Gasteiger partial charge in [0.2, 0.25) is 0 Å². The van der Waals surface area contributed by atoms with Gasteiger partial charge in [0.05, 0.1) is 5.41 Å². The van der Waals surface area contributed by atoms with Crippen LogP contribution >= 0.6 is 0 Å². The Hall–Kier alpha value is -8.98. The molecule has 69 heavy (non-hydrogen) atoms. The molecule has 0 radical (unpaired) electrons. The summed E-state index contributed by atoms with van der Waals surface area (Å²) in [6, 6.07) is 102. The van der Waals surface area contributed by atoms with E-state index in [1.165, 1.54) is 77.9 Å². The SMILES string of the molecule is c1ccc(-c2ccc(N(c3ccccc3)c3ccc4c(c3)C3(c5ccccc5-4)c4ccccc4-c4ccc(N(c5ccc(-c6ccccc6)cc5)c5ccc(-c6ccccc6)cc5)cc43)cc2)cc1. The molecule has 0 aliphatic heterocycles. The molecule has 0 fully saturated rings. The second-order valence-corrected chi connectivity index (χ2v) is 18.0. The number of benzene rings is 11. The molecule has 0 aromatic heterocycles. The lowest BCUT2D eigenvalue weighted by molar-refractivity contribution is 0.793. The highest BCUT2D eigenvalue weighted by atomic mass is 15.1. The monoisotopic (exact) mass is 878 g/mol. The molecule has 0 amide bonds. The van der Waals surface area contributed by atoms with Crippen molar-refractivity contribution in [2.45, 2.75) is 5.41 Å². The van der Waals surface area contributed by atoms with Crippen LogP contribution in [0.15, 0.2) is 279 Å². The van der Waals surface area contributed by atoms with E-state index in [9.17, 15) is 0 Å². The topological polar surface area (TPSA) is 6.48 Å². The van der Waals surface area contributed by atoms with Gasteiger partial charge in [0.1, 0.15) is 0 Å². The smallest absolute Gasteiger partial charge is 0.0727 e. The van der Waals surface area contributed by atoms with E-state index in [0.717, 1.165) is 34.1 Å². The molecule has 0 saturated carbocycles. The van der Waals surface area contributed by atoms with Crippen LogP contribution in [0, 0.1) is 0 Å². The molecule has 1 unspecified atom stereocenters. The van der Waals surface area contributed by atoms with Crippen LogP contribution in [-0.4, -0.2) is 0 Å². The standard InChI is InChI=1S/C67H46N2/c1-5-17-47(18-6-1)50-29-35-54(36-30-50)68(53-23-11-4-12-24-53)57-41-43-61-59-25-13-15-27-63(59)67(65(61)45-57)64-28-16-14-26-60(64)62-44-42-58(46-66(62)67)69(55-37-31-51(32-38-55)48-19-7-2-8-20-48)56-39-33-52(34-40-56)49-21-9-3-10-22-49/h1-46H. The van der Waals surface area contributed by atoms with Crippen LogP contribution in [0.1, 0.15) is 22.3 Å². The Kier molecular flexibility index (Phi) is 9.77. The third kappa shape index (κ3) is 6.72. The molecule has 0 bridgehead atoms. The molecule has 2 aliphatic rings. The number of anilines is 6. The Morgan fingerprint density at radius 3 is 0.812 bits per heavy atom. The highest BCUT2D eigenvalue weighted by Gasteiger charge is 2.52. The Morgan fingerprint density at radius 2 is 0.449 bits per heavy atom. The maximum Gasteiger partial charge on any atom is 0.0727 e. The number of para-hydroxylation sites is 1. The second kappa shape index (κ2) is 16.7. The molecule has 11 aromatic carbocycles. The first-order chi connectivity index (χ1) is 34.2. The van der Waals surface area contributed by atoms with Crippen LogP contribution in [0.25, 0.3) is 55.6 Å². The van der Waals surface area contributed by atoms with E-state index in [4.69, 9.17) is 0 Å². The van der Waals surface area contributed by atoms with Gasteiger partial charge in [0.25, 0.3) is 0 Å². The number of nitrogens with zero attached hydrogens (tertiary/aromatic N) is 2. The number of hydrogen-bond acceptors (Lipinski definition) is 2. The lowest BCUT2D eigenvalue weighted by Gasteiger charge is -2.33. The van der Waals surface area contributed by atoms with Crippen molar-refractivity contribution in [1.29, 1.82) is 0 Å². The van der Waals surface area contributed by atoms with Crippen molar-refractivity contribution in [3.05, 3.63) is 301 Å². The van der Waals surface area contributed by atoms with E-state index in [0.29, 0.717) is 0 Å². The molecule has 1 atom stereocenters.